The number of hydrogen-bond donors (Lipinski definition) is 0. The number of oxime groups is 1. The lowest BCUT2D eigenvalue weighted by molar-refractivity contribution is 0.213. The molecule has 0 atom stereocenters. The fourth-order valence-electron chi connectivity index (χ4n) is 2.53. The average Bonchev–Trinajstić information content (AvgIpc) is 2.62. The monoisotopic (exact) mass is 354 g/mol. The third kappa shape index (κ3) is 5.34. The van der Waals surface area contributed by atoms with Crippen molar-refractivity contribution in [3.63, 3.8) is 0 Å². The van der Waals surface area contributed by atoms with Crippen LogP contribution in [0.1, 0.15) is 36.2 Å². The van der Waals surface area contributed by atoms with E-state index in [2.05, 4.69) is 10.1 Å². The predicted molar refractivity (Wildman–Crippen MR) is 104 cm³/mol. The van der Waals surface area contributed by atoms with Gasteiger partial charge in [0.1, 0.15) is 37.5 Å². The highest BCUT2D eigenvalue weighted by Gasteiger charge is 2.08. The number of ether oxygens (including phenoxy) is 2. The summed E-state index contributed by atoms with van der Waals surface area (Å²) in [6.07, 6.45) is 5.74. The van der Waals surface area contributed by atoms with Gasteiger partial charge in [-0.25, -0.2) is 0 Å². The van der Waals surface area contributed by atoms with Crippen LogP contribution in [0.4, 0.5) is 0 Å². The minimum atomic E-state index is 0.453. The lowest BCUT2D eigenvalue weighted by Gasteiger charge is -2.14. The zero-order valence-corrected chi connectivity index (χ0v) is 16.1. The highest BCUT2D eigenvalue weighted by atomic mass is 16.6. The van der Waals surface area contributed by atoms with Crippen LogP contribution in [-0.4, -0.2) is 24.4 Å². The topological polar surface area (TPSA) is 52.9 Å². The molecule has 0 fully saturated rings. The Morgan fingerprint density at radius 2 is 1.88 bits per heavy atom. The minimum Gasteiger partial charge on any atom is -0.490 e. The van der Waals surface area contributed by atoms with E-state index < -0.39 is 0 Å². The van der Waals surface area contributed by atoms with Crippen molar-refractivity contribution in [1.82, 2.24) is 4.98 Å². The first-order chi connectivity index (χ1) is 12.5. The first-order valence-electron chi connectivity index (χ1n) is 8.56. The van der Waals surface area contributed by atoms with Gasteiger partial charge in [0.2, 0.25) is 0 Å². The molecule has 0 N–H and O–H groups in total. The SMILES string of the molecule is C/C=C/COc1cc(C)c(OCc2ccc(/C(C)=N/OC)nc2)c(C)c1. The van der Waals surface area contributed by atoms with Gasteiger partial charge in [0.25, 0.3) is 0 Å². The Bertz CT molecular complexity index is 757. The van der Waals surface area contributed by atoms with Crippen molar-refractivity contribution in [2.24, 2.45) is 5.16 Å². The van der Waals surface area contributed by atoms with Crippen molar-refractivity contribution in [2.75, 3.05) is 13.7 Å². The van der Waals surface area contributed by atoms with Gasteiger partial charge in [-0.3, -0.25) is 4.98 Å². The molecule has 0 aliphatic carbocycles. The van der Waals surface area contributed by atoms with E-state index in [4.69, 9.17) is 14.3 Å². The quantitative estimate of drug-likeness (QED) is 0.395. The molecule has 5 nitrogen and oxygen atoms in total. The van der Waals surface area contributed by atoms with Crippen LogP contribution in [0.15, 0.2) is 47.8 Å². The molecule has 0 bridgehead atoms. The summed E-state index contributed by atoms with van der Waals surface area (Å²) in [7, 11) is 1.52. The summed E-state index contributed by atoms with van der Waals surface area (Å²) in [5.41, 5.74) is 4.61. The highest BCUT2D eigenvalue weighted by molar-refractivity contribution is 5.96. The zero-order valence-electron chi connectivity index (χ0n) is 16.1. The van der Waals surface area contributed by atoms with E-state index in [1.54, 1.807) is 6.20 Å². The number of benzene rings is 1. The molecule has 0 aliphatic heterocycles. The highest BCUT2D eigenvalue weighted by Crippen LogP contribution is 2.29. The number of nitrogens with zero attached hydrogens (tertiary/aromatic N) is 2. The number of aryl methyl sites for hydroxylation is 2. The van der Waals surface area contributed by atoms with Crippen molar-refractivity contribution in [1.29, 1.82) is 0 Å². The van der Waals surface area contributed by atoms with Crippen LogP contribution in [0.2, 0.25) is 0 Å². The first kappa shape index (κ1) is 19.5. The maximum atomic E-state index is 6.02. The Labute approximate surface area is 155 Å². The molecule has 0 aliphatic rings. The third-order valence-corrected chi connectivity index (χ3v) is 3.82. The zero-order chi connectivity index (χ0) is 18.9. The van der Waals surface area contributed by atoms with Crippen LogP contribution < -0.4 is 9.47 Å². The van der Waals surface area contributed by atoms with Gasteiger partial charge in [-0.15, -0.1) is 0 Å². The van der Waals surface area contributed by atoms with Gasteiger partial charge < -0.3 is 14.3 Å². The minimum absolute atomic E-state index is 0.453. The van der Waals surface area contributed by atoms with Gasteiger partial charge in [0.15, 0.2) is 0 Å². The van der Waals surface area contributed by atoms with E-state index in [1.165, 1.54) is 7.11 Å². The molecule has 26 heavy (non-hydrogen) atoms. The molecule has 2 rings (SSSR count). The van der Waals surface area contributed by atoms with E-state index in [9.17, 15) is 0 Å². The van der Waals surface area contributed by atoms with Crippen molar-refractivity contribution < 1.29 is 14.3 Å². The summed E-state index contributed by atoms with van der Waals surface area (Å²) in [5.74, 6) is 1.73. The van der Waals surface area contributed by atoms with Crippen LogP contribution in [0.5, 0.6) is 11.5 Å². The molecule has 0 unspecified atom stereocenters. The standard InChI is InChI=1S/C21H26N2O3/c1-6-7-10-25-19-11-15(2)21(16(3)12-19)26-14-18-8-9-20(22-13-18)17(4)23-24-5/h6-9,11-13H,10,14H2,1-5H3/b7-6+,23-17+. The Hall–Kier alpha value is -2.82. The summed E-state index contributed by atoms with van der Waals surface area (Å²) in [6.45, 7) is 8.90. The number of aromatic nitrogens is 1. The van der Waals surface area contributed by atoms with Crippen LogP contribution in [0, 0.1) is 13.8 Å². The third-order valence-electron chi connectivity index (χ3n) is 3.82. The summed E-state index contributed by atoms with van der Waals surface area (Å²) in [5, 5.41) is 3.88. The van der Waals surface area contributed by atoms with E-state index in [-0.39, 0.29) is 0 Å². The van der Waals surface area contributed by atoms with Gasteiger partial charge in [-0.05, 0) is 57.0 Å². The second-order valence-corrected chi connectivity index (χ2v) is 5.97. The number of allylic oxidation sites excluding steroid dienone is 1. The molecule has 1 heterocycles. The summed E-state index contributed by atoms with van der Waals surface area (Å²) < 4.78 is 11.7. The Balaban J connectivity index is 2.04. The van der Waals surface area contributed by atoms with Crippen molar-refractivity contribution in [3.8, 4) is 11.5 Å². The lowest BCUT2D eigenvalue weighted by atomic mass is 10.1. The van der Waals surface area contributed by atoms with Gasteiger partial charge in [0.05, 0.1) is 5.69 Å². The largest absolute Gasteiger partial charge is 0.490 e. The van der Waals surface area contributed by atoms with Gasteiger partial charge >= 0.3 is 0 Å². The Morgan fingerprint density at radius 3 is 2.46 bits per heavy atom. The van der Waals surface area contributed by atoms with Crippen LogP contribution in [0.3, 0.4) is 0 Å². The van der Waals surface area contributed by atoms with Crippen molar-refractivity contribution in [3.05, 3.63) is 65.0 Å². The van der Waals surface area contributed by atoms with E-state index in [0.29, 0.717) is 13.2 Å². The molecule has 2 aromatic rings. The van der Waals surface area contributed by atoms with Gasteiger partial charge in [-0.1, -0.05) is 23.4 Å². The summed E-state index contributed by atoms with van der Waals surface area (Å²) >= 11 is 0. The van der Waals surface area contributed by atoms with E-state index in [1.807, 2.05) is 64.1 Å². The molecule has 1 aromatic heterocycles. The molecule has 0 spiro atoms. The van der Waals surface area contributed by atoms with Gasteiger partial charge in [0, 0.05) is 11.8 Å². The normalized spacial score (nSPS) is 11.7. The fraction of sp³-hybridized carbons (Fsp3) is 0.333. The second kappa shape index (κ2) is 9.61. The Morgan fingerprint density at radius 1 is 1.15 bits per heavy atom. The van der Waals surface area contributed by atoms with Gasteiger partial charge in [-0.2, -0.15) is 0 Å². The average molecular weight is 354 g/mol. The second-order valence-electron chi connectivity index (χ2n) is 5.97. The van der Waals surface area contributed by atoms with E-state index in [0.717, 1.165) is 39.6 Å². The molecule has 138 valence electrons. The lowest BCUT2D eigenvalue weighted by Crippen LogP contribution is -2.03. The fourth-order valence-corrected chi connectivity index (χ4v) is 2.53. The molecule has 0 saturated heterocycles. The van der Waals surface area contributed by atoms with Crippen molar-refractivity contribution >= 4 is 5.71 Å². The molecular formula is C21H26N2O3. The van der Waals surface area contributed by atoms with Crippen LogP contribution in [-0.2, 0) is 11.4 Å². The van der Waals surface area contributed by atoms with Crippen LogP contribution >= 0.6 is 0 Å². The summed E-state index contributed by atoms with van der Waals surface area (Å²) in [6, 6.07) is 7.89. The maximum Gasteiger partial charge on any atom is 0.125 e. The smallest absolute Gasteiger partial charge is 0.125 e. The number of hydrogen-bond acceptors (Lipinski definition) is 5. The molecule has 0 saturated carbocycles. The predicted octanol–water partition coefficient (Wildman–Crippen LogP) is 4.60. The molecular weight excluding hydrogens is 328 g/mol. The maximum absolute atomic E-state index is 6.02. The number of pyridine rings is 1. The van der Waals surface area contributed by atoms with Crippen molar-refractivity contribution in [2.45, 2.75) is 34.3 Å². The van der Waals surface area contributed by atoms with Crippen LogP contribution in [0.25, 0.3) is 0 Å². The molecule has 5 heteroatoms. The molecule has 0 amide bonds. The molecule has 0 radical (unpaired) electrons. The molecule has 1 aromatic carbocycles. The summed E-state index contributed by atoms with van der Waals surface area (Å²) in [4.78, 5) is 9.16. The first-order valence-corrected chi connectivity index (χ1v) is 8.56. The number of rotatable bonds is 8. The van der Waals surface area contributed by atoms with E-state index >= 15 is 0 Å². The Kier molecular flexibility index (Phi) is 7.21.